The van der Waals surface area contributed by atoms with Crippen molar-refractivity contribution < 1.29 is 33.3 Å². The van der Waals surface area contributed by atoms with Gasteiger partial charge in [0.05, 0.1) is 32.0 Å². The van der Waals surface area contributed by atoms with Crippen molar-refractivity contribution in [2.24, 2.45) is 5.92 Å². The van der Waals surface area contributed by atoms with Crippen LogP contribution in [0, 0.1) is 5.92 Å². The average Bonchev–Trinajstić information content (AvgIpc) is 3.60. The van der Waals surface area contributed by atoms with Gasteiger partial charge in [0, 0.05) is 35.4 Å². The maximum absolute atomic E-state index is 13.9. The van der Waals surface area contributed by atoms with E-state index in [9.17, 15) is 14.4 Å². The van der Waals surface area contributed by atoms with E-state index >= 15 is 0 Å². The molecule has 1 fully saturated rings. The number of benzene rings is 1. The Morgan fingerprint density at radius 2 is 1.78 bits per heavy atom. The summed E-state index contributed by atoms with van der Waals surface area (Å²) in [5.41, 5.74) is 1.19. The molecule has 3 atom stereocenters. The van der Waals surface area contributed by atoms with E-state index in [2.05, 4.69) is 10.6 Å². The first-order valence-corrected chi connectivity index (χ1v) is 15.8. The molecule has 244 valence electrons. The van der Waals surface area contributed by atoms with Crippen LogP contribution < -0.4 is 20.1 Å². The number of ether oxygens (including phenoxy) is 4. The highest BCUT2D eigenvalue weighted by molar-refractivity contribution is 7.14. The van der Waals surface area contributed by atoms with Crippen LogP contribution >= 0.6 is 11.3 Å². The minimum Gasteiger partial charge on any atom is -0.497 e. The summed E-state index contributed by atoms with van der Waals surface area (Å²) in [6.07, 6.45) is -1.07. The number of rotatable bonds is 10. The van der Waals surface area contributed by atoms with E-state index in [1.807, 2.05) is 57.3 Å². The van der Waals surface area contributed by atoms with E-state index in [1.165, 1.54) is 23.3 Å². The zero-order valence-corrected chi connectivity index (χ0v) is 28.1. The molecule has 12 nitrogen and oxygen atoms in total. The van der Waals surface area contributed by atoms with Crippen LogP contribution in [-0.2, 0) is 19.1 Å². The lowest BCUT2D eigenvalue weighted by Gasteiger charge is -2.30. The maximum atomic E-state index is 13.9. The molecule has 0 bridgehead atoms. The predicted octanol–water partition coefficient (Wildman–Crippen LogP) is 5.26. The second-order valence-electron chi connectivity index (χ2n) is 12.6. The summed E-state index contributed by atoms with van der Waals surface area (Å²) in [5, 5.41) is 9.44. The van der Waals surface area contributed by atoms with Crippen LogP contribution in [0.1, 0.15) is 54.9 Å². The fraction of sp³-hybridized carbons (Fsp3) is 0.531. The third kappa shape index (κ3) is 8.33. The Kier molecular flexibility index (Phi) is 10.4. The zero-order valence-electron chi connectivity index (χ0n) is 27.3. The molecule has 1 aliphatic rings. The Morgan fingerprint density at radius 3 is 2.40 bits per heavy atom. The largest absolute Gasteiger partial charge is 0.497 e. The van der Waals surface area contributed by atoms with Crippen molar-refractivity contribution in [2.45, 2.75) is 84.7 Å². The molecule has 45 heavy (non-hydrogen) atoms. The average molecular weight is 642 g/mol. The second-order valence-corrected chi connectivity index (χ2v) is 13.5. The molecule has 3 heterocycles. The van der Waals surface area contributed by atoms with Crippen LogP contribution in [0.3, 0.4) is 0 Å². The topological polar surface area (TPSA) is 141 Å². The fourth-order valence-electron chi connectivity index (χ4n) is 5.03. The number of thiazole rings is 1. The number of methoxy groups -OCH3 is 2. The normalized spacial score (nSPS) is 17.4. The molecule has 1 aliphatic heterocycles. The number of fused-ring (bicyclic) bond motifs is 1. The number of hydrogen-bond acceptors (Lipinski definition) is 11. The van der Waals surface area contributed by atoms with Gasteiger partial charge in [-0.25, -0.2) is 19.6 Å². The molecule has 2 aromatic heterocycles. The summed E-state index contributed by atoms with van der Waals surface area (Å²) < 4.78 is 22.4. The molecule has 2 N–H and O–H groups in total. The number of amides is 2. The van der Waals surface area contributed by atoms with E-state index in [1.54, 1.807) is 27.9 Å². The Balaban J connectivity index is 1.65. The molecular weight excluding hydrogens is 598 g/mol. The van der Waals surface area contributed by atoms with Gasteiger partial charge in [-0.05, 0) is 52.7 Å². The first-order chi connectivity index (χ1) is 21.2. The van der Waals surface area contributed by atoms with E-state index in [-0.39, 0.29) is 24.9 Å². The van der Waals surface area contributed by atoms with Crippen LogP contribution in [0.2, 0.25) is 0 Å². The minimum absolute atomic E-state index is 0.103. The molecule has 0 unspecified atom stereocenters. The lowest BCUT2D eigenvalue weighted by atomic mass is 10.0. The van der Waals surface area contributed by atoms with E-state index in [0.29, 0.717) is 28.4 Å². The molecule has 0 saturated carbocycles. The van der Waals surface area contributed by atoms with Gasteiger partial charge in [0.25, 0.3) is 0 Å². The van der Waals surface area contributed by atoms with Crippen LogP contribution in [0.25, 0.3) is 22.3 Å². The number of alkyl carbamates (subject to hydrolysis) is 1. The highest BCUT2D eigenvalue weighted by Crippen LogP contribution is 2.35. The van der Waals surface area contributed by atoms with Gasteiger partial charge in [-0.3, -0.25) is 4.79 Å². The van der Waals surface area contributed by atoms with Crippen LogP contribution in [-0.4, -0.2) is 83.4 Å². The van der Waals surface area contributed by atoms with Gasteiger partial charge < -0.3 is 34.5 Å². The summed E-state index contributed by atoms with van der Waals surface area (Å²) in [5.74, 6) is -0.0987. The monoisotopic (exact) mass is 641 g/mol. The number of pyridine rings is 1. The van der Waals surface area contributed by atoms with Gasteiger partial charge in [-0.15, -0.1) is 11.3 Å². The summed E-state index contributed by atoms with van der Waals surface area (Å²) in [7, 11) is 2.87. The first kappa shape index (κ1) is 33.8. The highest BCUT2D eigenvalue weighted by atomic mass is 32.1. The number of carbonyl (C=O) groups excluding carboxylic acids is 3. The molecular formula is C32H43N5O7S. The predicted molar refractivity (Wildman–Crippen MR) is 173 cm³/mol. The number of esters is 1. The van der Waals surface area contributed by atoms with E-state index in [4.69, 9.17) is 28.9 Å². The molecule has 1 aromatic carbocycles. The Labute approximate surface area is 267 Å². The van der Waals surface area contributed by atoms with Crippen molar-refractivity contribution in [3.05, 3.63) is 29.6 Å². The van der Waals surface area contributed by atoms with Crippen LogP contribution in [0.4, 0.5) is 9.93 Å². The Hall–Kier alpha value is -4.13. The molecule has 0 spiro atoms. The Morgan fingerprint density at radius 1 is 1.04 bits per heavy atom. The Bertz CT molecular complexity index is 1530. The number of nitrogens with zero attached hydrogens (tertiary/aromatic N) is 3. The van der Waals surface area contributed by atoms with Crippen molar-refractivity contribution >= 4 is 45.3 Å². The molecule has 13 heteroatoms. The van der Waals surface area contributed by atoms with Crippen molar-refractivity contribution in [3.63, 3.8) is 0 Å². The number of hydrogen-bond donors (Lipinski definition) is 2. The standard InChI is InChI=1S/C32H43N5O7S/c1-17(2)27(36-31(40)44-32(5,6)7)28(38)37-15-20(13-25(37)29(39)42-9)43-26-14-23(24-16-45-30(35-24)33-18(3)4)34-22-12-19(41-8)10-11-21(22)26/h10-12,14,16-18,20,25,27H,13,15H2,1-9H3,(H,33,35)(H,36,40)/t20-,25+,27+/m1/s1. The quantitative estimate of drug-likeness (QED) is 0.282. The zero-order chi connectivity index (χ0) is 33.1. The van der Waals surface area contributed by atoms with Gasteiger partial charge >= 0.3 is 12.1 Å². The lowest BCUT2D eigenvalue weighted by Crippen LogP contribution is -2.54. The molecule has 3 aromatic rings. The first-order valence-electron chi connectivity index (χ1n) is 14.9. The maximum Gasteiger partial charge on any atom is 0.408 e. The van der Waals surface area contributed by atoms with Gasteiger partial charge in [0.2, 0.25) is 5.91 Å². The molecule has 1 saturated heterocycles. The van der Waals surface area contributed by atoms with Crippen molar-refractivity contribution in [1.82, 2.24) is 20.2 Å². The van der Waals surface area contributed by atoms with E-state index < -0.39 is 41.8 Å². The van der Waals surface area contributed by atoms with Crippen molar-refractivity contribution in [1.29, 1.82) is 0 Å². The third-order valence-corrected chi connectivity index (χ3v) is 7.85. The second kappa shape index (κ2) is 13.9. The summed E-state index contributed by atoms with van der Waals surface area (Å²) in [6.45, 7) is 13.1. The number of likely N-dealkylation sites (tertiary alicyclic amines) is 1. The molecule has 0 aliphatic carbocycles. The SMILES string of the molecule is COC(=O)[C@@H]1C[C@@H](Oc2cc(-c3csc(NC(C)C)n3)nc3cc(OC)ccc23)CN1C(=O)[C@@H](NC(=O)OC(C)(C)C)C(C)C. The number of aromatic nitrogens is 2. The smallest absolute Gasteiger partial charge is 0.408 e. The van der Waals surface area contributed by atoms with Gasteiger partial charge in [0.15, 0.2) is 5.13 Å². The fourth-order valence-corrected chi connectivity index (χ4v) is 5.88. The molecule has 0 radical (unpaired) electrons. The van der Waals surface area contributed by atoms with Crippen LogP contribution in [0.5, 0.6) is 11.5 Å². The minimum atomic E-state index is -0.926. The van der Waals surface area contributed by atoms with E-state index in [0.717, 1.165) is 10.5 Å². The number of nitrogens with one attached hydrogen (secondary N) is 2. The van der Waals surface area contributed by atoms with Gasteiger partial charge in [0.1, 0.15) is 41.0 Å². The van der Waals surface area contributed by atoms with Gasteiger partial charge in [-0.2, -0.15) is 0 Å². The number of carbonyl (C=O) groups is 3. The van der Waals surface area contributed by atoms with Crippen LogP contribution in [0.15, 0.2) is 29.6 Å². The van der Waals surface area contributed by atoms with Gasteiger partial charge in [-0.1, -0.05) is 13.8 Å². The number of anilines is 1. The molecule has 4 rings (SSSR count). The summed E-state index contributed by atoms with van der Waals surface area (Å²) in [4.78, 5) is 50.4. The highest BCUT2D eigenvalue weighted by Gasteiger charge is 2.44. The summed E-state index contributed by atoms with van der Waals surface area (Å²) >= 11 is 1.48. The van der Waals surface area contributed by atoms with Crippen molar-refractivity contribution in [2.75, 3.05) is 26.1 Å². The third-order valence-electron chi connectivity index (χ3n) is 7.08. The lowest BCUT2D eigenvalue weighted by molar-refractivity contribution is -0.152. The van der Waals surface area contributed by atoms with Crippen molar-refractivity contribution in [3.8, 4) is 22.9 Å². The molecule has 2 amide bonds. The summed E-state index contributed by atoms with van der Waals surface area (Å²) in [6, 6.07) is 5.73.